The van der Waals surface area contributed by atoms with Crippen LogP contribution < -0.4 is 9.62 Å². The Morgan fingerprint density at radius 3 is 2.75 bits per heavy atom. The van der Waals surface area contributed by atoms with Gasteiger partial charge in [0, 0.05) is 37.2 Å². The number of pyridine rings is 1. The second-order valence-corrected chi connectivity index (χ2v) is 9.10. The van der Waals surface area contributed by atoms with Crippen molar-refractivity contribution in [1.29, 1.82) is 0 Å². The molecule has 170 valence electrons. The quantitative estimate of drug-likeness (QED) is 0.371. The molecule has 1 N–H and O–H groups in total. The maximum absolute atomic E-state index is 12.9. The van der Waals surface area contributed by atoms with Crippen LogP contribution in [0.4, 0.5) is 11.5 Å². The first kappa shape index (κ1) is 23.9. The highest BCUT2D eigenvalue weighted by Crippen LogP contribution is 2.24. The fourth-order valence-corrected chi connectivity index (χ4v) is 4.20. The summed E-state index contributed by atoms with van der Waals surface area (Å²) < 4.78 is 38.3. The minimum Gasteiger partial charge on any atom is -0.469 e. The molecule has 0 radical (unpaired) electrons. The fraction of sp³-hybridized carbons (Fsp3) is 0.364. The molecule has 1 fully saturated rings. The Bertz CT molecular complexity index is 1100. The first-order valence-electron chi connectivity index (χ1n) is 10.1. The second kappa shape index (κ2) is 11.2. The molecule has 2 heterocycles. The molecular formula is C22H24ClN3O5S. The Kier molecular flexibility index (Phi) is 8.33. The lowest BCUT2D eigenvalue weighted by atomic mass is 10.1. The van der Waals surface area contributed by atoms with Gasteiger partial charge in [0.25, 0.3) is 10.0 Å². The van der Waals surface area contributed by atoms with E-state index in [0.29, 0.717) is 61.2 Å². The van der Waals surface area contributed by atoms with Gasteiger partial charge in [-0.05, 0) is 36.8 Å². The predicted molar refractivity (Wildman–Crippen MR) is 122 cm³/mol. The van der Waals surface area contributed by atoms with Gasteiger partial charge >= 0.3 is 5.97 Å². The number of unbranched alkanes of at least 4 members (excludes halogenated alkanes) is 1. The molecule has 0 unspecified atom stereocenters. The summed E-state index contributed by atoms with van der Waals surface area (Å²) >= 11 is 6.07. The number of anilines is 2. The van der Waals surface area contributed by atoms with Crippen LogP contribution in [0, 0.1) is 11.8 Å². The van der Waals surface area contributed by atoms with Crippen molar-refractivity contribution in [3.8, 4) is 11.8 Å². The number of sulfonamides is 1. The molecule has 0 saturated carbocycles. The van der Waals surface area contributed by atoms with Crippen molar-refractivity contribution in [2.75, 3.05) is 43.0 Å². The van der Waals surface area contributed by atoms with E-state index in [0.717, 1.165) is 0 Å². The number of ether oxygens (including phenoxy) is 2. The molecular weight excluding hydrogens is 454 g/mol. The number of benzene rings is 1. The molecule has 0 bridgehead atoms. The number of aromatic nitrogens is 1. The molecule has 2 aromatic rings. The van der Waals surface area contributed by atoms with Gasteiger partial charge < -0.3 is 14.4 Å². The lowest BCUT2D eigenvalue weighted by Gasteiger charge is -2.27. The molecule has 1 saturated heterocycles. The molecule has 1 aliphatic heterocycles. The van der Waals surface area contributed by atoms with Gasteiger partial charge in [0.1, 0.15) is 10.7 Å². The molecule has 0 amide bonds. The summed E-state index contributed by atoms with van der Waals surface area (Å²) in [7, 11) is -2.54. The van der Waals surface area contributed by atoms with Gasteiger partial charge in [0.2, 0.25) is 0 Å². The molecule has 10 heteroatoms. The van der Waals surface area contributed by atoms with Gasteiger partial charge in [-0.3, -0.25) is 9.52 Å². The van der Waals surface area contributed by atoms with E-state index in [4.69, 9.17) is 16.3 Å². The zero-order valence-electron chi connectivity index (χ0n) is 17.6. The molecule has 0 aliphatic carbocycles. The Hall–Kier alpha value is -2.80. The van der Waals surface area contributed by atoms with Crippen LogP contribution in [0.3, 0.4) is 0 Å². The van der Waals surface area contributed by atoms with Crippen molar-refractivity contribution >= 4 is 39.1 Å². The number of esters is 1. The number of carbonyl (C=O) groups is 1. The number of nitrogens with one attached hydrogen (secondary N) is 1. The lowest BCUT2D eigenvalue weighted by Crippen LogP contribution is -2.36. The molecule has 32 heavy (non-hydrogen) atoms. The van der Waals surface area contributed by atoms with Crippen molar-refractivity contribution in [1.82, 2.24) is 4.98 Å². The summed E-state index contributed by atoms with van der Waals surface area (Å²) in [6.07, 6.45) is 2.61. The summed E-state index contributed by atoms with van der Waals surface area (Å²) in [6, 6.07) is 7.94. The monoisotopic (exact) mass is 477 g/mol. The highest BCUT2D eigenvalue weighted by atomic mass is 35.5. The number of hydrogen-bond acceptors (Lipinski definition) is 7. The van der Waals surface area contributed by atoms with Crippen molar-refractivity contribution in [3.63, 3.8) is 0 Å². The fourth-order valence-electron chi connectivity index (χ4n) is 3.00. The minimum absolute atomic E-state index is 0.0430. The first-order chi connectivity index (χ1) is 15.4. The van der Waals surface area contributed by atoms with Crippen LogP contribution in [0.1, 0.15) is 24.8 Å². The van der Waals surface area contributed by atoms with Crippen LogP contribution in [0.25, 0.3) is 0 Å². The molecule has 3 rings (SSSR count). The molecule has 1 aliphatic rings. The van der Waals surface area contributed by atoms with Gasteiger partial charge in [-0.2, -0.15) is 0 Å². The van der Waals surface area contributed by atoms with E-state index in [2.05, 4.69) is 26.3 Å². The van der Waals surface area contributed by atoms with Crippen molar-refractivity contribution < 1.29 is 22.7 Å². The second-order valence-electron chi connectivity index (χ2n) is 6.98. The van der Waals surface area contributed by atoms with Crippen LogP contribution >= 0.6 is 11.6 Å². The van der Waals surface area contributed by atoms with E-state index in [-0.39, 0.29) is 17.3 Å². The van der Waals surface area contributed by atoms with Crippen LogP contribution in [0.5, 0.6) is 0 Å². The third kappa shape index (κ3) is 6.60. The number of methoxy groups -OCH3 is 1. The average molecular weight is 478 g/mol. The molecule has 1 aromatic carbocycles. The van der Waals surface area contributed by atoms with Crippen molar-refractivity contribution in [2.45, 2.75) is 24.2 Å². The van der Waals surface area contributed by atoms with Gasteiger partial charge in [-0.25, -0.2) is 13.4 Å². The van der Waals surface area contributed by atoms with Crippen LogP contribution in [-0.2, 0) is 24.3 Å². The number of rotatable bonds is 7. The summed E-state index contributed by atoms with van der Waals surface area (Å²) in [5.41, 5.74) is 0.754. The molecule has 1 aromatic heterocycles. The SMILES string of the molecule is COC(=O)CCCC#Cc1cc(Cl)ccc1NS(=O)(=O)c1ccc(N2CCOCC2)nc1. The highest BCUT2D eigenvalue weighted by Gasteiger charge is 2.18. The van der Waals surface area contributed by atoms with Gasteiger partial charge in [0.05, 0.1) is 31.6 Å². The number of morpholine rings is 1. The lowest BCUT2D eigenvalue weighted by molar-refractivity contribution is -0.140. The summed E-state index contributed by atoms with van der Waals surface area (Å²) in [5.74, 6) is 6.27. The number of nitrogens with zero attached hydrogens (tertiary/aromatic N) is 2. The first-order valence-corrected chi connectivity index (χ1v) is 11.9. The zero-order valence-corrected chi connectivity index (χ0v) is 19.2. The van der Waals surface area contributed by atoms with Gasteiger partial charge in [-0.1, -0.05) is 23.4 Å². The van der Waals surface area contributed by atoms with E-state index in [1.807, 2.05) is 4.90 Å². The van der Waals surface area contributed by atoms with E-state index >= 15 is 0 Å². The summed E-state index contributed by atoms with van der Waals surface area (Å²) in [4.78, 5) is 17.6. The third-order valence-corrected chi connectivity index (χ3v) is 6.31. The maximum Gasteiger partial charge on any atom is 0.305 e. The molecule has 0 atom stereocenters. The van der Waals surface area contributed by atoms with E-state index in [1.165, 1.54) is 19.4 Å². The average Bonchev–Trinajstić information content (AvgIpc) is 2.81. The standard InChI is InChI=1S/C22H24ClN3O5S/c1-30-22(27)6-4-2-3-5-17-15-18(23)7-9-20(17)25-32(28,29)19-8-10-21(24-16-19)26-11-13-31-14-12-26/h7-10,15-16,25H,2,4,6,11-14H2,1H3. The summed E-state index contributed by atoms with van der Waals surface area (Å²) in [5, 5.41) is 0.434. The maximum atomic E-state index is 12.9. The zero-order chi connectivity index (χ0) is 23.0. The van der Waals surface area contributed by atoms with Crippen LogP contribution in [0.15, 0.2) is 41.4 Å². The number of hydrogen-bond donors (Lipinski definition) is 1. The minimum atomic E-state index is -3.87. The van der Waals surface area contributed by atoms with E-state index in [1.54, 1.807) is 24.3 Å². The number of halogens is 1. The largest absolute Gasteiger partial charge is 0.469 e. The molecule has 8 nitrogen and oxygen atoms in total. The van der Waals surface area contributed by atoms with Crippen LogP contribution in [0.2, 0.25) is 5.02 Å². The normalized spacial score (nSPS) is 13.8. The Morgan fingerprint density at radius 2 is 2.06 bits per heavy atom. The van der Waals surface area contributed by atoms with Crippen molar-refractivity contribution in [2.24, 2.45) is 0 Å². The number of carbonyl (C=O) groups excluding carboxylic acids is 1. The topological polar surface area (TPSA) is 97.8 Å². The van der Waals surface area contributed by atoms with Gasteiger partial charge in [-0.15, -0.1) is 0 Å². The Balaban J connectivity index is 1.72. The highest BCUT2D eigenvalue weighted by molar-refractivity contribution is 7.92. The van der Waals surface area contributed by atoms with Crippen LogP contribution in [-0.4, -0.2) is 52.8 Å². The summed E-state index contributed by atoms with van der Waals surface area (Å²) in [6.45, 7) is 2.66. The Labute approximate surface area is 192 Å². The third-order valence-electron chi connectivity index (χ3n) is 4.73. The van der Waals surface area contributed by atoms with Crippen molar-refractivity contribution in [3.05, 3.63) is 47.1 Å². The van der Waals surface area contributed by atoms with E-state index < -0.39 is 10.0 Å². The smallest absolute Gasteiger partial charge is 0.305 e. The van der Waals surface area contributed by atoms with Gasteiger partial charge in [0.15, 0.2) is 0 Å². The Morgan fingerprint density at radius 1 is 1.28 bits per heavy atom. The predicted octanol–water partition coefficient (Wildman–Crippen LogP) is 3.07. The van der Waals surface area contributed by atoms with E-state index in [9.17, 15) is 13.2 Å². The molecule has 0 spiro atoms.